The summed E-state index contributed by atoms with van der Waals surface area (Å²) >= 11 is 0. The maximum Gasteiger partial charge on any atom is 0.272 e. The van der Waals surface area contributed by atoms with Gasteiger partial charge >= 0.3 is 0 Å². The Hall–Kier alpha value is -2.18. The minimum atomic E-state index is -0.0930. The zero-order valence-corrected chi connectivity index (χ0v) is 13.5. The molecule has 7 nitrogen and oxygen atoms in total. The van der Waals surface area contributed by atoms with E-state index in [1.165, 1.54) is 0 Å². The molecular weight excluding hydrogens is 294 g/mol. The molecule has 1 saturated heterocycles. The number of amides is 1. The van der Waals surface area contributed by atoms with Crippen molar-refractivity contribution in [3.63, 3.8) is 0 Å². The molecule has 1 N–H and O–H groups in total. The molecule has 2 aromatic heterocycles. The largest absolute Gasteiger partial charge is 0.339 e. The van der Waals surface area contributed by atoms with E-state index in [0.717, 1.165) is 37.4 Å². The molecule has 0 bridgehead atoms. The SMILES string of the molecule is CC(C)c1ncc(C(=O)N2CCC[C@@H]2c2noc(C3CC3)n2)[nH]1. The van der Waals surface area contributed by atoms with Gasteiger partial charge in [0.15, 0.2) is 5.82 Å². The summed E-state index contributed by atoms with van der Waals surface area (Å²) in [7, 11) is 0. The molecule has 1 aliphatic heterocycles. The fourth-order valence-corrected chi connectivity index (χ4v) is 3.05. The molecule has 1 atom stereocenters. The Kier molecular flexibility index (Phi) is 3.43. The number of carbonyl (C=O) groups is 1. The van der Waals surface area contributed by atoms with Crippen LogP contribution in [-0.2, 0) is 0 Å². The lowest BCUT2D eigenvalue weighted by Gasteiger charge is -2.21. The van der Waals surface area contributed by atoms with Crippen LogP contribution < -0.4 is 0 Å². The van der Waals surface area contributed by atoms with E-state index in [1.807, 2.05) is 18.7 Å². The van der Waals surface area contributed by atoms with Gasteiger partial charge in [-0.05, 0) is 25.7 Å². The van der Waals surface area contributed by atoms with E-state index in [1.54, 1.807) is 6.20 Å². The van der Waals surface area contributed by atoms with Crippen LogP contribution in [0.5, 0.6) is 0 Å². The number of aromatic amines is 1. The summed E-state index contributed by atoms with van der Waals surface area (Å²) in [5, 5.41) is 4.11. The van der Waals surface area contributed by atoms with Gasteiger partial charge in [-0.1, -0.05) is 19.0 Å². The van der Waals surface area contributed by atoms with Gasteiger partial charge in [0.25, 0.3) is 5.91 Å². The van der Waals surface area contributed by atoms with E-state index < -0.39 is 0 Å². The summed E-state index contributed by atoms with van der Waals surface area (Å²) in [6, 6.07) is -0.0930. The second-order valence-electron chi connectivity index (χ2n) is 6.76. The topological polar surface area (TPSA) is 87.9 Å². The average molecular weight is 315 g/mol. The lowest BCUT2D eigenvalue weighted by atomic mass is 10.2. The minimum Gasteiger partial charge on any atom is -0.339 e. The number of H-pyrrole nitrogens is 1. The maximum atomic E-state index is 12.8. The Bertz CT molecular complexity index is 716. The van der Waals surface area contributed by atoms with Crippen molar-refractivity contribution in [3.05, 3.63) is 29.4 Å². The van der Waals surface area contributed by atoms with E-state index in [2.05, 4.69) is 20.1 Å². The van der Waals surface area contributed by atoms with Crippen molar-refractivity contribution >= 4 is 5.91 Å². The first kappa shape index (κ1) is 14.4. The number of carbonyl (C=O) groups excluding carboxylic acids is 1. The number of nitrogens with one attached hydrogen (secondary N) is 1. The predicted molar refractivity (Wildman–Crippen MR) is 82.0 cm³/mol. The highest BCUT2D eigenvalue weighted by Gasteiger charge is 2.36. The predicted octanol–water partition coefficient (Wildman–Crippen LogP) is 2.77. The van der Waals surface area contributed by atoms with Crippen molar-refractivity contribution < 1.29 is 9.32 Å². The molecule has 1 saturated carbocycles. The van der Waals surface area contributed by atoms with Crippen LogP contribution in [-0.4, -0.2) is 37.5 Å². The van der Waals surface area contributed by atoms with Gasteiger partial charge in [0, 0.05) is 18.4 Å². The third-order valence-electron chi connectivity index (χ3n) is 4.57. The summed E-state index contributed by atoms with van der Waals surface area (Å²) in [5.74, 6) is 2.86. The first-order valence-corrected chi connectivity index (χ1v) is 8.33. The Morgan fingerprint density at radius 3 is 2.91 bits per heavy atom. The van der Waals surface area contributed by atoms with Gasteiger partial charge in [-0.2, -0.15) is 4.98 Å². The van der Waals surface area contributed by atoms with Gasteiger partial charge in [0.05, 0.1) is 12.2 Å². The number of nitrogens with zero attached hydrogens (tertiary/aromatic N) is 4. The summed E-state index contributed by atoms with van der Waals surface area (Å²) in [5.41, 5.74) is 0.534. The van der Waals surface area contributed by atoms with E-state index in [-0.39, 0.29) is 17.9 Å². The van der Waals surface area contributed by atoms with Crippen molar-refractivity contribution in [2.45, 2.75) is 57.4 Å². The number of aromatic nitrogens is 4. The average Bonchev–Trinajstić information content (AvgIpc) is 3.02. The zero-order valence-electron chi connectivity index (χ0n) is 13.5. The van der Waals surface area contributed by atoms with Gasteiger partial charge in [-0.25, -0.2) is 4.98 Å². The fourth-order valence-electron chi connectivity index (χ4n) is 3.05. The molecule has 4 rings (SSSR count). The second-order valence-corrected chi connectivity index (χ2v) is 6.76. The summed E-state index contributed by atoms with van der Waals surface area (Å²) in [6.45, 7) is 4.81. The van der Waals surface area contributed by atoms with E-state index in [0.29, 0.717) is 24.0 Å². The first-order valence-electron chi connectivity index (χ1n) is 8.33. The van der Waals surface area contributed by atoms with Crippen molar-refractivity contribution in [1.29, 1.82) is 0 Å². The Labute approximate surface area is 134 Å². The van der Waals surface area contributed by atoms with Crippen LogP contribution in [0.1, 0.15) is 85.4 Å². The van der Waals surface area contributed by atoms with Gasteiger partial charge < -0.3 is 14.4 Å². The number of rotatable bonds is 4. The molecule has 2 aromatic rings. The second kappa shape index (κ2) is 5.47. The summed E-state index contributed by atoms with van der Waals surface area (Å²) in [6.07, 6.45) is 5.70. The van der Waals surface area contributed by atoms with Gasteiger partial charge in [-0.15, -0.1) is 0 Å². The van der Waals surface area contributed by atoms with Crippen molar-refractivity contribution in [2.24, 2.45) is 0 Å². The quantitative estimate of drug-likeness (QED) is 0.937. The van der Waals surface area contributed by atoms with Gasteiger partial charge in [0.2, 0.25) is 5.89 Å². The van der Waals surface area contributed by atoms with Crippen LogP contribution in [0, 0.1) is 0 Å². The van der Waals surface area contributed by atoms with Crippen LogP contribution in [0.2, 0.25) is 0 Å². The summed E-state index contributed by atoms with van der Waals surface area (Å²) < 4.78 is 5.35. The Morgan fingerprint density at radius 2 is 2.22 bits per heavy atom. The molecule has 0 unspecified atom stereocenters. The first-order chi connectivity index (χ1) is 11.1. The molecule has 2 aliphatic rings. The normalized spacial score (nSPS) is 21.3. The molecule has 3 heterocycles. The standard InChI is InChI=1S/C16H21N5O2/c1-9(2)13-17-8-11(18-13)16(22)21-7-3-4-12(21)14-19-15(23-20-14)10-5-6-10/h8-10,12H,3-7H2,1-2H3,(H,17,18)/t12-/m1/s1. The highest BCUT2D eigenvalue weighted by atomic mass is 16.5. The van der Waals surface area contributed by atoms with E-state index >= 15 is 0 Å². The minimum absolute atomic E-state index is 0.0373. The zero-order chi connectivity index (χ0) is 16.0. The fraction of sp³-hybridized carbons (Fsp3) is 0.625. The summed E-state index contributed by atoms with van der Waals surface area (Å²) in [4.78, 5) is 26.6. The van der Waals surface area contributed by atoms with Gasteiger partial charge in [0.1, 0.15) is 11.5 Å². The lowest BCUT2D eigenvalue weighted by Crippen LogP contribution is -2.31. The molecule has 7 heteroatoms. The smallest absolute Gasteiger partial charge is 0.272 e. The van der Waals surface area contributed by atoms with Crippen LogP contribution in [0.15, 0.2) is 10.7 Å². The molecule has 2 fully saturated rings. The van der Waals surface area contributed by atoms with Crippen LogP contribution >= 0.6 is 0 Å². The Morgan fingerprint density at radius 1 is 1.39 bits per heavy atom. The van der Waals surface area contributed by atoms with E-state index in [9.17, 15) is 4.79 Å². The maximum absolute atomic E-state index is 12.8. The molecule has 23 heavy (non-hydrogen) atoms. The molecule has 1 aliphatic carbocycles. The number of imidazole rings is 1. The number of hydrogen-bond acceptors (Lipinski definition) is 5. The van der Waals surface area contributed by atoms with Crippen molar-refractivity contribution in [3.8, 4) is 0 Å². The Balaban J connectivity index is 1.54. The van der Waals surface area contributed by atoms with Gasteiger partial charge in [-0.3, -0.25) is 4.79 Å². The van der Waals surface area contributed by atoms with Crippen LogP contribution in [0.3, 0.4) is 0 Å². The lowest BCUT2D eigenvalue weighted by molar-refractivity contribution is 0.0722. The number of hydrogen-bond donors (Lipinski definition) is 1. The molecule has 1 amide bonds. The molecular formula is C16H21N5O2. The third-order valence-corrected chi connectivity index (χ3v) is 4.57. The van der Waals surface area contributed by atoms with Crippen molar-refractivity contribution in [2.75, 3.05) is 6.54 Å². The number of likely N-dealkylation sites (tertiary alicyclic amines) is 1. The monoisotopic (exact) mass is 315 g/mol. The third kappa shape index (κ3) is 2.64. The van der Waals surface area contributed by atoms with Crippen molar-refractivity contribution in [1.82, 2.24) is 25.0 Å². The highest BCUT2D eigenvalue weighted by molar-refractivity contribution is 5.92. The van der Waals surface area contributed by atoms with E-state index in [4.69, 9.17) is 4.52 Å². The molecule has 0 radical (unpaired) electrons. The molecule has 0 spiro atoms. The highest BCUT2D eigenvalue weighted by Crippen LogP contribution is 2.40. The molecule has 0 aromatic carbocycles. The van der Waals surface area contributed by atoms with Crippen LogP contribution in [0.4, 0.5) is 0 Å². The van der Waals surface area contributed by atoms with Crippen LogP contribution in [0.25, 0.3) is 0 Å². The molecule has 122 valence electrons.